The van der Waals surface area contributed by atoms with Gasteiger partial charge in [-0.25, -0.2) is 114 Å². The second-order valence-corrected chi connectivity index (χ2v) is 38.1. The van der Waals surface area contributed by atoms with Gasteiger partial charge in [-0.2, -0.15) is 13.2 Å². The third-order valence-corrected chi connectivity index (χ3v) is 23.7. The van der Waals surface area contributed by atoms with Gasteiger partial charge in [-0.1, -0.05) is 7.43 Å². The summed E-state index contributed by atoms with van der Waals surface area (Å²) >= 11 is 0. The largest absolute Gasteiger partial charge is 0.471 e. The molecule has 14 heterocycles. The van der Waals surface area contributed by atoms with E-state index in [1.54, 1.807) is 75.3 Å². The highest BCUT2D eigenvalue weighted by Crippen LogP contribution is 2.44. The third-order valence-electron chi connectivity index (χ3n) is 23.7. The molecule has 6 aliphatic heterocycles. The van der Waals surface area contributed by atoms with Gasteiger partial charge >= 0.3 is 30.4 Å². The van der Waals surface area contributed by atoms with E-state index < -0.39 is 127 Å². The monoisotopic (exact) mass is 2000 g/mol. The molecular formula is C97H111F11N22O13. The summed E-state index contributed by atoms with van der Waals surface area (Å²) in [5.41, 5.74) is -3.63. The number of hydrogen-bond donors (Lipinski definition) is 2. The molecular weight excluding hydrogens is 1890 g/mol. The summed E-state index contributed by atoms with van der Waals surface area (Å²) in [7, 11) is 0. The fourth-order valence-corrected chi connectivity index (χ4v) is 14.9. The van der Waals surface area contributed by atoms with E-state index in [2.05, 4.69) is 69.8 Å². The highest BCUT2D eigenvalue weighted by Gasteiger charge is 2.55. The summed E-state index contributed by atoms with van der Waals surface area (Å²) in [6, 6.07) is 21.1. The molecule has 0 saturated carbocycles. The Labute approximate surface area is 816 Å². The molecule has 0 spiro atoms. The number of halogens is 11. The number of carbonyl (C=O) groups excluding carboxylic acids is 7. The number of nitro groups is 1. The molecule has 0 radical (unpaired) electrons. The van der Waals surface area contributed by atoms with Crippen LogP contribution in [-0.2, 0) is 69.7 Å². The van der Waals surface area contributed by atoms with Crippen molar-refractivity contribution in [1.29, 1.82) is 0 Å². The highest BCUT2D eigenvalue weighted by molar-refractivity contribution is 5.96. The Morgan fingerprint density at radius 1 is 0.392 bits per heavy atom. The number of hydrogen-bond acceptors (Lipinski definition) is 28. The maximum Gasteiger partial charge on any atom is 0.471 e. The number of carbonyl (C=O) groups is 7. The molecule has 5 atom stereocenters. The Morgan fingerprint density at radius 3 is 1.00 bits per heavy atom. The Balaban J connectivity index is 0.000000179. The summed E-state index contributed by atoms with van der Waals surface area (Å²) in [6.45, 7) is 25.7. The summed E-state index contributed by atoms with van der Waals surface area (Å²) in [4.78, 5) is 158. The van der Waals surface area contributed by atoms with Crippen LogP contribution in [-0.4, -0.2) is 253 Å². The quantitative estimate of drug-likeness (QED) is 0.0250. The molecule has 8 aromatic heterocycles. The number of benzene rings is 2. The van der Waals surface area contributed by atoms with Crippen molar-refractivity contribution < 1.29 is 106 Å². The van der Waals surface area contributed by atoms with Gasteiger partial charge in [-0.15, -0.1) is 0 Å². The Kier molecular flexibility index (Phi) is 34.9. The van der Waals surface area contributed by atoms with Crippen LogP contribution in [0, 0.1) is 68.9 Å². The van der Waals surface area contributed by atoms with E-state index in [0.29, 0.717) is 56.1 Å². The second-order valence-electron chi connectivity index (χ2n) is 38.1. The van der Waals surface area contributed by atoms with Crippen molar-refractivity contribution >= 4 is 53.2 Å². The number of nitrogens with zero attached hydrogens (tertiary/aromatic N) is 21. The summed E-state index contributed by atoms with van der Waals surface area (Å²) in [5.74, 6) is -7.47. The molecule has 6 aliphatic rings. The van der Waals surface area contributed by atoms with Crippen molar-refractivity contribution in [2.24, 2.45) is 35.5 Å². The molecule has 10 aromatic rings. The zero-order valence-corrected chi connectivity index (χ0v) is 80.0. The first kappa shape index (κ1) is 110. The molecule has 6 amide bonds. The van der Waals surface area contributed by atoms with Crippen molar-refractivity contribution in [3.8, 4) is 22.5 Å². The maximum absolute atomic E-state index is 15.2. The molecule has 2 aromatic carbocycles. The minimum Gasteiger partial charge on any atom is -0.444 e. The Bertz CT molecular complexity index is 5980. The molecule has 16 rings (SSSR count). The van der Waals surface area contributed by atoms with E-state index in [9.17, 15) is 88.3 Å². The molecule has 6 fully saturated rings. The lowest BCUT2D eigenvalue weighted by Gasteiger charge is -2.45. The number of nitrogens with two attached hydrogens (primary N) is 1. The number of likely N-dealkylation sites (tertiary alicyclic amines) is 6. The molecule has 46 heteroatoms. The summed E-state index contributed by atoms with van der Waals surface area (Å²) < 4.78 is 166. The van der Waals surface area contributed by atoms with E-state index >= 15 is 8.78 Å². The fraction of sp³-hybridized carbons (Fsp3) is 0.454. The minimum absolute atomic E-state index is 0. The number of pyridine rings is 2. The normalized spacial score (nSPS) is 17.1. The van der Waals surface area contributed by atoms with Crippen molar-refractivity contribution in [3.05, 3.63) is 251 Å². The lowest BCUT2D eigenvalue weighted by atomic mass is 9.82. The first-order valence-electron chi connectivity index (χ1n) is 44.7. The van der Waals surface area contributed by atoms with Gasteiger partial charge in [0.15, 0.2) is 57.6 Å². The predicted molar refractivity (Wildman–Crippen MR) is 494 cm³/mol. The molecule has 6 saturated heterocycles. The summed E-state index contributed by atoms with van der Waals surface area (Å²) in [6.07, 6.45) is 11.3. The van der Waals surface area contributed by atoms with Gasteiger partial charge in [-0.05, 0) is 176 Å². The van der Waals surface area contributed by atoms with E-state index in [0.717, 1.165) is 30.3 Å². The topological polar surface area (TPSA) is 436 Å². The van der Waals surface area contributed by atoms with Crippen molar-refractivity contribution in [3.63, 3.8) is 0 Å². The van der Waals surface area contributed by atoms with Crippen molar-refractivity contribution in [1.82, 2.24) is 99.2 Å². The molecule has 0 bridgehead atoms. The van der Waals surface area contributed by atoms with Crippen LogP contribution in [0.15, 0.2) is 171 Å². The van der Waals surface area contributed by atoms with Crippen LogP contribution in [0.4, 0.5) is 74.1 Å². The average molecular weight is 2000 g/mol. The fourth-order valence-electron chi connectivity index (χ4n) is 14.9. The van der Waals surface area contributed by atoms with Gasteiger partial charge in [0.25, 0.3) is 5.69 Å². The molecule has 764 valence electrons. The lowest BCUT2D eigenvalue weighted by Crippen LogP contribution is -2.59. The number of Topliss-reactive ketones (excluding diaryl/α,β-unsaturated/α-hetero) is 1. The number of aromatic nitrogens is 14. The van der Waals surface area contributed by atoms with Gasteiger partial charge < -0.3 is 54.5 Å². The molecule has 143 heavy (non-hydrogen) atoms. The Hall–Kier alpha value is -14.5. The van der Waals surface area contributed by atoms with Gasteiger partial charge in [0.05, 0.1) is 46.5 Å². The number of alkyl halides is 7. The first-order valence-corrected chi connectivity index (χ1v) is 44.7. The Morgan fingerprint density at radius 2 is 0.678 bits per heavy atom. The minimum atomic E-state index is -4.92. The predicted octanol–water partition coefficient (Wildman–Crippen LogP) is 14.8. The van der Waals surface area contributed by atoms with Crippen LogP contribution in [0.1, 0.15) is 155 Å². The molecule has 5 unspecified atom stereocenters. The zero-order valence-electron chi connectivity index (χ0n) is 80.0. The smallest absolute Gasteiger partial charge is 0.444 e. The maximum atomic E-state index is 15.2. The number of ketones is 1. The SMILES string of the molecule is C.CC(C)(C)OC(=O)N1CC(C(=O)c2ncccn2)C1.CC(C)(C)OC(=O)N1CC(C(C)(F)c2ncccn2)C1.CC(C)(C)OC(=O)N1CC(C(C)(O)c2ncccn2)C1.CC(F)(c1ncccn1)C1CN(C(=O)C(F)(F)F)C1.CC(F)(c1ncccn1)C1CN(C(=O)Cc2nc(-c3ccc(F)cc3F)ccc2N)C1.CC(F)(c1ncccn1)C1CN(C(=O)Cc2nc(-c3ccc(F)cc3F)ccc2[N+](=O)[O-])C1. The number of anilines is 1. The number of rotatable bonds is 19. The van der Waals surface area contributed by atoms with Crippen molar-refractivity contribution in [2.45, 2.75) is 168 Å². The second kappa shape index (κ2) is 45.2. The standard InChI is InChI=1S/C22H18F3N5O3.C22H20F3N5O.C14H20FN3O2.C14H21N3O3.C13H17N3O3.C11H11F4N3O.CH4/c1-22(25,21-26-7-2-8-27-21)13-11-29(12-13)20(31)10-18-19(30(32)33)6-5-17(28-18)15-4-3-14(23)9-16(15)24;1-22(25,21-27-7-2-8-28-21)13-11-30(12-13)20(31)10-19-17(26)5-6-18(29-19)15-4-3-14(23)9-16(15)24;1-13(2,3)20-12(19)18-8-10(9-18)14(4,15)11-16-6-5-7-17-11;1-13(2,3)20-12(18)17-8-10(9-17)14(4,19)11-15-6-5-7-16-11;1-13(2,3)19-12(18)16-7-9(8-16)10(17)11-14-5-4-6-15-11;1-10(12,8-16-3-2-4-17-8)7-5-18(6-7)9(19)11(13,14)15;/h2-9,13H,10-12H2,1H3;2-9,13H,10-12,26H2,1H3;5-7,10H,8-9H2,1-4H3;5-7,10,19H,8-9H2,1-4H3;4-6,9H,7-8H2,1-3H3;2-4,7H,5-6H2,1H3;1H4. The van der Waals surface area contributed by atoms with Crippen molar-refractivity contribution in [2.75, 3.05) is 84.3 Å². The zero-order chi connectivity index (χ0) is 104. The van der Waals surface area contributed by atoms with Crippen LogP contribution >= 0.6 is 0 Å². The van der Waals surface area contributed by atoms with Crippen LogP contribution in [0.5, 0.6) is 0 Å². The van der Waals surface area contributed by atoms with Crippen LogP contribution in [0.25, 0.3) is 22.5 Å². The summed E-state index contributed by atoms with van der Waals surface area (Å²) in [5, 5.41) is 21.9. The number of amides is 6. The van der Waals surface area contributed by atoms with Gasteiger partial charge in [0.2, 0.25) is 17.6 Å². The van der Waals surface area contributed by atoms with E-state index in [-0.39, 0.29) is 163 Å². The molecule has 35 nitrogen and oxygen atoms in total. The van der Waals surface area contributed by atoms with Crippen LogP contribution < -0.4 is 5.73 Å². The lowest BCUT2D eigenvalue weighted by molar-refractivity contribution is -0.385. The van der Waals surface area contributed by atoms with E-state index in [1.165, 1.54) is 140 Å². The number of ether oxygens (including phenoxy) is 3. The van der Waals surface area contributed by atoms with Crippen LogP contribution in [0.2, 0.25) is 0 Å². The number of nitrogen functional groups attached to an aromatic ring is 1. The van der Waals surface area contributed by atoms with Gasteiger partial charge in [0, 0.05) is 212 Å². The molecule has 0 aliphatic carbocycles. The van der Waals surface area contributed by atoms with Gasteiger partial charge in [0.1, 0.15) is 51.4 Å². The first-order chi connectivity index (χ1) is 66.4. The van der Waals surface area contributed by atoms with E-state index in [1.807, 2.05) is 41.5 Å². The van der Waals surface area contributed by atoms with Crippen LogP contribution in [0.3, 0.4) is 0 Å². The highest BCUT2D eigenvalue weighted by atomic mass is 19.4. The molecule has 3 N–H and O–H groups in total. The number of aliphatic hydroxyl groups is 1. The van der Waals surface area contributed by atoms with Gasteiger partial charge in [-0.3, -0.25) is 34.3 Å². The average Bonchev–Trinajstić information content (AvgIpc) is 0.777. The third kappa shape index (κ3) is 28.3. The van der Waals surface area contributed by atoms with E-state index in [4.69, 9.17) is 19.9 Å².